The van der Waals surface area contributed by atoms with Crippen LogP contribution in [-0.2, 0) is 6.42 Å². The van der Waals surface area contributed by atoms with E-state index in [1.165, 1.54) is 56.6 Å². The summed E-state index contributed by atoms with van der Waals surface area (Å²) in [5, 5.41) is 3.77. The molecule has 1 unspecified atom stereocenters. The zero-order chi connectivity index (χ0) is 16.3. The third kappa shape index (κ3) is 4.00. The van der Waals surface area contributed by atoms with Crippen molar-refractivity contribution in [3.05, 3.63) is 23.8 Å². The quantitative estimate of drug-likeness (QED) is 0.875. The van der Waals surface area contributed by atoms with Crippen molar-refractivity contribution in [2.24, 2.45) is 5.92 Å². The van der Waals surface area contributed by atoms with Crippen LogP contribution in [-0.4, -0.2) is 36.7 Å². The van der Waals surface area contributed by atoms with Crippen LogP contribution < -0.4 is 10.1 Å². The topological polar surface area (TPSA) is 24.5 Å². The fraction of sp³-hybridized carbons (Fsp3) is 0.700. The second-order valence-electron chi connectivity index (χ2n) is 7.69. The van der Waals surface area contributed by atoms with Crippen LogP contribution in [0.15, 0.2) is 18.2 Å². The van der Waals surface area contributed by atoms with Crippen LogP contribution in [0.3, 0.4) is 0 Å². The first-order valence-corrected chi connectivity index (χ1v) is 9.35. The van der Waals surface area contributed by atoms with E-state index in [0.29, 0.717) is 5.92 Å². The first kappa shape index (κ1) is 16.6. The summed E-state index contributed by atoms with van der Waals surface area (Å²) in [5.74, 6) is 1.68. The Bertz CT molecular complexity index is 520. The van der Waals surface area contributed by atoms with Crippen LogP contribution in [0.25, 0.3) is 0 Å². The normalized spacial score (nSPS) is 23.9. The average molecular weight is 316 g/mol. The molecule has 1 aromatic rings. The molecule has 128 valence electrons. The molecule has 23 heavy (non-hydrogen) atoms. The Morgan fingerprint density at radius 2 is 2.00 bits per heavy atom. The zero-order valence-corrected chi connectivity index (χ0v) is 15.0. The minimum atomic E-state index is 0.163. The van der Waals surface area contributed by atoms with Crippen LogP contribution in [0, 0.1) is 5.92 Å². The maximum atomic E-state index is 5.68. The summed E-state index contributed by atoms with van der Waals surface area (Å²) in [7, 11) is 0. The molecule has 2 aliphatic rings. The fourth-order valence-electron chi connectivity index (χ4n) is 4.07. The summed E-state index contributed by atoms with van der Waals surface area (Å²) in [5.41, 5.74) is 2.86. The van der Waals surface area contributed by atoms with Gasteiger partial charge >= 0.3 is 0 Å². The molecule has 0 saturated carbocycles. The molecule has 3 heteroatoms. The molecule has 1 fully saturated rings. The van der Waals surface area contributed by atoms with E-state index in [-0.39, 0.29) is 5.54 Å². The van der Waals surface area contributed by atoms with E-state index < -0.39 is 0 Å². The van der Waals surface area contributed by atoms with Crippen LogP contribution in [0.4, 0.5) is 5.69 Å². The highest BCUT2D eigenvalue weighted by atomic mass is 16.5. The number of nitrogens with one attached hydrogen (secondary N) is 1. The highest BCUT2D eigenvalue weighted by Gasteiger charge is 2.34. The number of hydrogen-bond acceptors (Lipinski definition) is 3. The molecule has 1 aromatic carbocycles. The molecular formula is C20H32N2O. The standard InChI is InChI=1S/C20H32N2O/c1-4-23-18-8-9-19-16(15-18)14-17(20(2,3)21-19)10-13-22-11-6-5-7-12-22/h8-9,15,17,21H,4-7,10-14H2,1-3H3. The first-order valence-electron chi connectivity index (χ1n) is 9.35. The monoisotopic (exact) mass is 316 g/mol. The van der Waals surface area contributed by atoms with Crippen molar-refractivity contribution < 1.29 is 4.74 Å². The molecule has 2 aliphatic heterocycles. The Balaban J connectivity index is 1.67. The lowest BCUT2D eigenvalue weighted by Gasteiger charge is -2.42. The van der Waals surface area contributed by atoms with E-state index in [9.17, 15) is 0 Å². The molecule has 2 heterocycles. The molecular weight excluding hydrogens is 284 g/mol. The molecule has 0 spiro atoms. The van der Waals surface area contributed by atoms with E-state index in [2.05, 4.69) is 42.3 Å². The Labute approximate surface area is 141 Å². The van der Waals surface area contributed by atoms with Gasteiger partial charge in [0.15, 0.2) is 0 Å². The number of hydrogen-bond donors (Lipinski definition) is 1. The predicted molar refractivity (Wildman–Crippen MR) is 97.4 cm³/mol. The van der Waals surface area contributed by atoms with Gasteiger partial charge < -0.3 is 15.0 Å². The van der Waals surface area contributed by atoms with E-state index in [1.54, 1.807) is 0 Å². The van der Waals surface area contributed by atoms with E-state index >= 15 is 0 Å². The second-order valence-corrected chi connectivity index (χ2v) is 7.69. The van der Waals surface area contributed by atoms with Crippen molar-refractivity contribution in [2.75, 3.05) is 31.6 Å². The highest BCUT2D eigenvalue weighted by molar-refractivity contribution is 5.58. The smallest absolute Gasteiger partial charge is 0.119 e. The third-order valence-corrected chi connectivity index (χ3v) is 5.57. The number of fused-ring (bicyclic) bond motifs is 1. The van der Waals surface area contributed by atoms with Crippen molar-refractivity contribution >= 4 is 5.69 Å². The van der Waals surface area contributed by atoms with Gasteiger partial charge in [-0.3, -0.25) is 0 Å². The largest absolute Gasteiger partial charge is 0.494 e. The Hall–Kier alpha value is -1.22. The van der Waals surface area contributed by atoms with Crippen LogP contribution in [0.2, 0.25) is 0 Å². The van der Waals surface area contributed by atoms with Crippen LogP contribution in [0.5, 0.6) is 5.75 Å². The number of nitrogens with zero attached hydrogens (tertiary/aromatic N) is 1. The summed E-state index contributed by atoms with van der Waals surface area (Å²) in [6, 6.07) is 6.50. The number of ether oxygens (including phenoxy) is 1. The van der Waals surface area contributed by atoms with Gasteiger partial charge in [0.05, 0.1) is 6.61 Å². The molecule has 0 aromatic heterocycles. The number of likely N-dealkylation sites (tertiary alicyclic amines) is 1. The van der Waals surface area contributed by atoms with E-state index in [4.69, 9.17) is 4.74 Å². The molecule has 3 rings (SSSR count). The predicted octanol–water partition coefficient (Wildman–Crippen LogP) is 4.32. The minimum absolute atomic E-state index is 0.163. The summed E-state index contributed by atoms with van der Waals surface area (Å²) in [6.07, 6.45) is 6.61. The van der Waals surface area contributed by atoms with E-state index in [1.807, 2.05) is 6.92 Å². The van der Waals surface area contributed by atoms with Crippen molar-refractivity contribution in [2.45, 2.75) is 58.4 Å². The van der Waals surface area contributed by atoms with Gasteiger partial charge in [0.2, 0.25) is 0 Å². The number of rotatable bonds is 5. The molecule has 0 radical (unpaired) electrons. The fourth-order valence-corrected chi connectivity index (χ4v) is 4.07. The third-order valence-electron chi connectivity index (χ3n) is 5.57. The van der Waals surface area contributed by atoms with Crippen molar-refractivity contribution in [1.29, 1.82) is 0 Å². The van der Waals surface area contributed by atoms with Crippen LogP contribution in [0.1, 0.15) is 52.0 Å². The number of benzene rings is 1. The lowest BCUT2D eigenvalue weighted by atomic mass is 9.76. The highest BCUT2D eigenvalue weighted by Crippen LogP contribution is 2.38. The summed E-state index contributed by atoms with van der Waals surface area (Å²) < 4.78 is 5.68. The molecule has 0 aliphatic carbocycles. The SMILES string of the molecule is CCOc1ccc2c(c1)CC(CCN1CCCCC1)C(C)(C)N2. The molecule has 1 atom stereocenters. The van der Waals surface area contributed by atoms with Crippen molar-refractivity contribution in [3.63, 3.8) is 0 Å². The molecule has 1 N–H and O–H groups in total. The van der Waals surface area contributed by atoms with Gasteiger partial charge in [0, 0.05) is 11.2 Å². The maximum Gasteiger partial charge on any atom is 0.119 e. The van der Waals surface area contributed by atoms with Crippen molar-refractivity contribution in [1.82, 2.24) is 4.90 Å². The lowest BCUT2D eigenvalue weighted by molar-refractivity contribution is 0.194. The van der Waals surface area contributed by atoms with Gasteiger partial charge in [-0.15, -0.1) is 0 Å². The Morgan fingerprint density at radius 1 is 1.22 bits per heavy atom. The van der Waals surface area contributed by atoms with Crippen molar-refractivity contribution in [3.8, 4) is 5.75 Å². The minimum Gasteiger partial charge on any atom is -0.494 e. The number of anilines is 1. The Kier molecular flexibility index (Phi) is 5.15. The Morgan fingerprint density at radius 3 is 2.74 bits per heavy atom. The summed E-state index contributed by atoms with van der Waals surface area (Å²) in [6.45, 7) is 11.3. The van der Waals surface area contributed by atoms with Gasteiger partial charge in [0.25, 0.3) is 0 Å². The van der Waals surface area contributed by atoms with Gasteiger partial charge in [0.1, 0.15) is 5.75 Å². The summed E-state index contributed by atoms with van der Waals surface area (Å²) >= 11 is 0. The second kappa shape index (κ2) is 7.12. The first-order chi connectivity index (χ1) is 11.1. The van der Waals surface area contributed by atoms with Gasteiger partial charge in [-0.1, -0.05) is 6.42 Å². The molecule has 0 bridgehead atoms. The summed E-state index contributed by atoms with van der Waals surface area (Å²) in [4.78, 5) is 2.66. The van der Waals surface area contributed by atoms with Gasteiger partial charge in [-0.2, -0.15) is 0 Å². The van der Waals surface area contributed by atoms with Gasteiger partial charge in [-0.05, 0) is 95.8 Å². The average Bonchev–Trinajstić information content (AvgIpc) is 2.54. The zero-order valence-electron chi connectivity index (χ0n) is 15.0. The molecule has 3 nitrogen and oxygen atoms in total. The maximum absolute atomic E-state index is 5.68. The van der Waals surface area contributed by atoms with E-state index in [0.717, 1.165) is 18.8 Å². The molecule has 0 amide bonds. The van der Waals surface area contributed by atoms with Crippen LogP contribution >= 0.6 is 0 Å². The molecule has 1 saturated heterocycles. The van der Waals surface area contributed by atoms with Gasteiger partial charge in [-0.25, -0.2) is 0 Å². The number of piperidine rings is 1. The lowest BCUT2D eigenvalue weighted by Crippen LogP contribution is -2.45.